The molecule has 2 nitrogen and oxygen atoms in total. The third-order valence-corrected chi connectivity index (χ3v) is 3.02. The summed E-state index contributed by atoms with van der Waals surface area (Å²) in [5.74, 6) is 6.06. The van der Waals surface area contributed by atoms with Crippen molar-refractivity contribution in [3.8, 4) is 11.8 Å². The van der Waals surface area contributed by atoms with Crippen LogP contribution in [0.2, 0.25) is 0 Å². The summed E-state index contributed by atoms with van der Waals surface area (Å²) in [6.07, 6.45) is 7.55. The highest BCUT2D eigenvalue weighted by atomic mass is 16.5. The Hall–Kier alpha value is -0.520. The average molecular weight is 209 g/mol. The van der Waals surface area contributed by atoms with Gasteiger partial charge in [0, 0.05) is 19.1 Å². The summed E-state index contributed by atoms with van der Waals surface area (Å²) >= 11 is 0. The summed E-state index contributed by atoms with van der Waals surface area (Å²) in [5, 5.41) is 3.36. The maximum Gasteiger partial charge on any atom is 0.0590 e. The van der Waals surface area contributed by atoms with E-state index in [1.807, 2.05) is 14.0 Å². The van der Waals surface area contributed by atoms with Crippen molar-refractivity contribution in [2.24, 2.45) is 0 Å². The molecule has 15 heavy (non-hydrogen) atoms. The number of rotatable bonds is 5. The first-order valence-electron chi connectivity index (χ1n) is 6.05. The third kappa shape index (κ3) is 5.20. The second kappa shape index (κ2) is 7.73. The number of hydrogen-bond acceptors (Lipinski definition) is 2. The zero-order valence-corrected chi connectivity index (χ0v) is 10.0. The van der Waals surface area contributed by atoms with Crippen LogP contribution in [0.15, 0.2) is 0 Å². The van der Waals surface area contributed by atoms with Crippen LogP contribution in [0.3, 0.4) is 0 Å². The molecular weight excluding hydrogens is 186 g/mol. The second-order valence-corrected chi connectivity index (χ2v) is 4.18. The first-order chi connectivity index (χ1) is 7.36. The molecule has 1 aliphatic heterocycles. The monoisotopic (exact) mass is 209 g/mol. The highest BCUT2D eigenvalue weighted by Gasteiger charge is 2.17. The summed E-state index contributed by atoms with van der Waals surface area (Å²) < 4.78 is 5.74. The Balaban J connectivity index is 2.21. The molecule has 1 fully saturated rings. The SMILES string of the molecule is CC#CCCC(CC1CCCCO1)NC. The van der Waals surface area contributed by atoms with Crippen LogP contribution in [0, 0.1) is 11.8 Å². The van der Waals surface area contributed by atoms with E-state index in [1.54, 1.807) is 0 Å². The Labute approximate surface area is 93.8 Å². The highest BCUT2D eigenvalue weighted by Crippen LogP contribution is 2.18. The van der Waals surface area contributed by atoms with Crippen LogP contribution in [-0.2, 0) is 4.74 Å². The van der Waals surface area contributed by atoms with Gasteiger partial charge in [0.25, 0.3) is 0 Å². The minimum Gasteiger partial charge on any atom is -0.378 e. The lowest BCUT2D eigenvalue weighted by Gasteiger charge is -2.26. The topological polar surface area (TPSA) is 21.3 Å². The maximum absolute atomic E-state index is 5.74. The maximum atomic E-state index is 5.74. The average Bonchev–Trinajstić information content (AvgIpc) is 2.29. The van der Waals surface area contributed by atoms with Gasteiger partial charge in [-0.25, -0.2) is 0 Å². The van der Waals surface area contributed by atoms with Crippen molar-refractivity contribution < 1.29 is 4.74 Å². The molecule has 0 bridgehead atoms. The lowest BCUT2D eigenvalue weighted by Crippen LogP contribution is -2.32. The summed E-state index contributed by atoms with van der Waals surface area (Å²) in [4.78, 5) is 0. The summed E-state index contributed by atoms with van der Waals surface area (Å²) in [6, 6.07) is 0.564. The van der Waals surface area contributed by atoms with Crippen molar-refractivity contribution in [3.05, 3.63) is 0 Å². The standard InChI is InChI=1S/C13H23NO/c1-3-4-5-8-12(14-2)11-13-9-6-7-10-15-13/h12-14H,5-11H2,1-2H3. The molecule has 2 atom stereocenters. The molecule has 1 N–H and O–H groups in total. The van der Waals surface area contributed by atoms with Crippen molar-refractivity contribution in [1.29, 1.82) is 0 Å². The van der Waals surface area contributed by atoms with Gasteiger partial charge in [-0.1, -0.05) is 0 Å². The summed E-state index contributed by atoms with van der Waals surface area (Å²) in [6.45, 7) is 2.86. The van der Waals surface area contributed by atoms with Gasteiger partial charge >= 0.3 is 0 Å². The van der Waals surface area contributed by atoms with Crippen LogP contribution in [-0.4, -0.2) is 25.8 Å². The fraction of sp³-hybridized carbons (Fsp3) is 0.846. The van der Waals surface area contributed by atoms with Crippen molar-refractivity contribution in [2.75, 3.05) is 13.7 Å². The smallest absolute Gasteiger partial charge is 0.0590 e. The van der Waals surface area contributed by atoms with E-state index in [0.29, 0.717) is 12.1 Å². The van der Waals surface area contributed by atoms with E-state index >= 15 is 0 Å². The Morgan fingerprint density at radius 2 is 2.33 bits per heavy atom. The molecule has 2 heteroatoms. The van der Waals surface area contributed by atoms with Gasteiger partial charge in [0.15, 0.2) is 0 Å². The Kier molecular flexibility index (Phi) is 6.47. The molecule has 1 saturated heterocycles. The molecule has 0 saturated carbocycles. The van der Waals surface area contributed by atoms with Gasteiger partial charge in [0.2, 0.25) is 0 Å². The Morgan fingerprint density at radius 3 is 2.93 bits per heavy atom. The van der Waals surface area contributed by atoms with Crippen molar-refractivity contribution >= 4 is 0 Å². The van der Waals surface area contributed by atoms with Gasteiger partial charge in [-0.05, 0) is 46.1 Å². The molecule has 86 valence electrons. The van der Waals surface area contributed by atoms with Crippen molar-refractivity contribution in [1.82, 2.24) is 5.32 Å². The minimum absolute atomic E-state index is 0.478. The van der Waals surface area contributed by atoms with Gasteiger partial charge in [-0.15, -0.1) is 11.8 Å². The lowest BCUT2D eigenvalue weighted by atomic mass is 9.99. The van der Waals surface area contributed by atoms with Crippen LogP contribution in [0.25, 0.3) is 0 Å². The number of hydrogen-bond donors (Lipinski definition) is 1. The fourth-order valence-electron chi connectivity index (χ4n) is 2.06. The Bertz CT molecular complexity index is 210. The van der Waals surface area contributed by atoms with Gasteiger partial charge in [0.05, 0.1) is 6.10 Å². The van der Waals surface area contributed by atoms with Gasteiger partial charge in [0.1, 0.15) is 0 Å². The van der Waals surface area contributed by atoms with E-state index in [4.69, 9.17) is 4.74 Å². The molecule has 0 spiro atoms. The molecule has 0 radical (unpaired) electrons. The normalized spacial score (nSPS) is 22.9. The number of ether oxygens (including phenoxy) is 1. The highest BCUT2D eigenvalue weighted by molar-refractivity contribution is 4.95. The van der Waals surface area contributed by atoms with Gasteiger partial charge in [-0.3, -0.25) is 0 Å². The quantitative estimate of drug-likeness (QED) is 0.702. The van der Waals surface area contributed by atoms with Crippen LogP contribution in [0.4, 0.5) is 0 Å². The predicted octanol–water partition coefficient (Wildman–Crippen LogP) is 2.34. The van der Waals surface area contributed by atoms with Crippen molar-refractivity contribution in [2.45, 2.75) is 57.6 Å². The largest absolute Gasteiger partial charge is 0.378 e. The van der Waals surface area contributed by atoms with E-state index < -0.39 is 0 Å². The number of nitrogens with one attached hydrogen (secondary N) is 1. The summed E-state index contributed by atoms with van der Waals surface area (Å²) in [7, 11) is 2.03. The molecule has 0 aromatic carbocycles. The molecule has 0 aromatic rings. The van der Waals surface area contributed by atoms with E-state index in [-0.39, 0.29) is 0 Å². The van der Waals surface area contributed by atoms with Gasteiger partial charge in [-0.2, -0.15) is 0 Å². The van der Waals surface area contributed by atoms with E-state index in [9.17, 15) is 0 Å². The van der Waals surface area contributed by atoms with E-state index in [2.05, 4.69) is 17.2 Å². The molecular formula is C13H23NO. The molecule has 1 rings (SSSR count). The zero-order chi connectivity index (χ0) is 10.9. The molecule has 0 amide bonds. The zero-order valence-electron chi connectivity index (χ0n) is 10.0. The molecule has 0 aromatic heterocycles. The molecule has 0 aliphatic carbocycles. The summed E-state index contributed by atoms with van der Waals surface area (Å²) in [5.41, 5.74) is 0. The lowest BCUT2D eigenvalue weighted by molar-refractivity contribution is 0.00526. The third-order valence-electron chi connectivity index (χ3n) is 3.02. The fourth-order valence-corrected chi connectivity index (χ4v) is 2.06. The van der Waals surface area contributed by atoms with Crippen molar-refractivity contribution in [3.63, 3.8) is 0 Å². The van der Waals surface area contributed by atoms with Crippen LogP contribution >= 0.6 is 0 Å². The predicted molar refractivity (Wildman–Crippen MR) is 63.7 cm³/mol. The van der Waals surface area contributed by atoms with Crippen LogP contribution < -0.4 is 5.32 Å². The molecule has 2 unspecified atom stereocenters. The Morgan fingerprint density at radius 1 is 1.47 bits per heavy atom. The van der Waals surface area contributed by atoms with Gasteiger partial charge < -0.3 is 10.1 Å². The van der Waals surface area contributed by atoms with E-state index in [1.165, 1.54) is 19.3 Å². The van der Waals surface area contributed by atoms with Crippen LogP contribution in [0.5, 0.6) is 0 Å². The first-order valence-corrected chi connectivity index (χ1v) is 6.05. The molecule has 1 aliphatic rings. The minimum atomic E-state index is 0.478. The first kappa shape index (κ1) is 12.5. The van der Waals surface area contributed by atoms with E-state index in [0.717, 1.165) is 25.9 Å². The molecule has 1 heterocycles. The van der Waals surface area contributed by atoms with Crippen LogP contribution in [0.1, 0.15) is 45.4 Å². The second-order valence-electron chi connectivity index (χ2n) is 4.18.